The van der Waals surface area contributed by atoms with Gasteiger partial charge in [0.1, 0.15) is 38.5 Å². The van der Waals surface area contributed by atoms with E-state index >= 15 is 0 Å². The van der Waals surface area contributed by atoms with E-state index < -0.39 is 5.97 Å². The lowest BCUT2D eigenvalue weighted by molar-refractivity contribution is -1.01. The number of phenols is 1. The molecule has 0 radical (unpaired) electrons. The maximum absolute atomic E-state index is 13.1. The number of hydrogen-bond acceptors (Lipinski definition) is 5. The number of allylic oxidation sites excluding steroid dienone is 1. The molecule has 0 spiro atoms. The molecule has 2 aromatic rings. The highest BCUT2D eigenvalue weighted by Crippen LogP contribution is 2.41. The Labute approximate surface area is 181 Å². The standard InChI is InChI=1S/C24H26N2O5/c1-15-12-19(27)18(14-26-10-8-25(2)9-11-26)23-21(15)22(28)20(31-23)13-16-4-6-17(7-5-16)24(29)30-3/h4-7,12-13,27H,8-11,14H2,1-3H3/p+2/b20-13-. The predicted molar refractivity (Wildman–Crippen MR) is 115 cm³/mol. The summed E-state index contributed by atoms with van der Waals surface area (Å²) in [6.45, 7) is 6.61. The third-order valence-corrected chi connectivity index (χ3v) is 6.09. The van der Waals surface area contributed by atoms with Gasteiger partial charge in [-0.2, -0.15) is 0 Å². The number of methoxy groups -OCH3 is 1. The Bertz CT molecular complexity index is 1050. The molecule has 0 atom stereocenters. The summed E-state index contributed by atoms with van der Waals surface area (Å²) in [5, 5.41) is 10.6. The van der Waals surface area contributed by atoms with Crippen LogP contribution in [0, 0.1) is 6.92 Å². The van der Waals surface area contributed by atoms with Crippen molar-refractivity contribution in [3.8, 4) is 11.5 Å². The number of benzene rings is 2. The summed E-state index contributed by atoms with van der Waals surface area (Å²) in [7, 11) is 3.52. The van der Waals surface area contributed by atoms with Gasteiger partial charge < -0.3 is 24.4 Å². The molecule has 3 N–H and O–H groups in total. The highest BCUT2D eigenvalue weighted by Gasteiger charge is 2.35. The highest BCUT2D eigenvalue weighted by atomic mass is 16.5. The summed E-state index contributed by atoms with van der Waals surface area (Å²) in [6, 6.07) is 8.42. The Morgan fingerprint density at radius 2 is 1.87 bits per heavy atom. The molecule has 1 fully saturated rings. The molecule has 7 nitrogen and oxygen atoms in total. The summed E-state index contributed by atoms with van der Waals surface area (Å²) in [4.78, 5) is 27.6. The molecular weight excluding hydrogens is 396 g/mol. The fourth-order valence-corrected chi connectivity index (χ4v) is 4.19. The number of aryl methyl sites for hydroxylation is 1. The zero-order valence-corrected chi connectivity index (χ0v) is 18.1. The van der Waals surface area contributed by atoms with Crippen LogP contribution in [0.25, 0.3) is 6.08 Å². The summed E-state index contributed by atoms with van der Waals surface area (Å²) in [5.74, 6) is 0.256. The first-order chi connectivity index (χ1) is 14.9. The molecule has 7 heteroatoms. The van der Waals surface area contributed by atoms with Gasteiger partial charge in [-0.3, -0.25) is 4.79 Å². The molecule has 0 aromatic heterocycles. The third-order valence-electron chi connectivity index (χ3n) is 6.09. The SMILES string of the molecule is COC(=O)c1ccc(/C=C2\Oc3c(C[NH+]4CC[NH+](C)CC4)c(O)cc(C)c3C2=O)cc1. The lowest BCUT2D eigenvalue weighted by Gasteiger charge is -2.27. The van der Waals surface area contributed by atoms with Crippen LogP contribution in [-0.4, -0.2) is 57.2 Å². The van der Waals surface area contributed by atoms with Crippen LogP contribution in [0.4, 0.5) is 0 Å². The fraction of sp³-hybridized carbons (Fsp3) is 0.333. The van der Waals surface area contributed by atoms with E-state index in [-0.39, 0.29) is 17.3 Å². The smallest absolute Gasteiger partial charge is 0.337 e. The topological polar surface area (TPSA) is 81.7 Å². The number of esters is 1. The summed E-state index contributed by atoms with van der Waals surface area (Å²) in [6.07, 6.45) is 1.66. The van der Waals surface area contributed by atoms with Crippen LogP contribution in [0.5, 0.6) is 11.5 Å². The molecule has 2 aliphatic rings. The zero-order chi connectivity index (χ0) is 22.1. The number of Topliss-reactive ketones (excluding diaryl/α,β-unsaturated/α-hetero) is 1. The van der Waals surface area contributed by atoms with Gasteiger partial charge in [0.05, 0.1) is 30.8 Å². The lowest BCUT2D eigenvalue weighted by Crippen LogP contribution is -3.26. The monoisotopic (exact) mass is 424 g/mol. The van der Waals surface area contributed by atoms with Crippen LogP contribution >= 0.6 is 0 Å². The number of ether oxygens (including phenoxy) is 2. The molecule has 4 rings (SSSR count). The number of rotatable bonds is 4. The number of hydrogen-bond donors (Lipinski definition) is 3. The molecule has 2 heterocycles. The van der Waals surface area contributed by atoms with Crippen molar-refractivity contribution in [1.82, 2.24) is 0 Å². The van der Waals surface area contributed by atoms with E-state index in [4.69, 9.17) is 9.47 Å². The molecular formula is C24H28N2O5+2. The number of quaternary nitrogens is 2. The molecule has 1 saturated heterocycles. The first-order valence-corrected chi connectivity index (χ1v) is 10.5. The summed E-state index contributed by atoms with van der Waals surface area (Å²) in [5.41, 5.74) is 3.08. The van der Waals surface area contributed by atoms with Crippen molar-refractivity contribution in [1.29, 1.82) is 0 Å². The van der Waals surface area contributed by atoms with E-state index in [1.165, 1.54) is 16.9 Å². The average Bonchev–Trinajstić information content (AvgIpc) is 3.08. The van der Waals surface area contributed by atoms with Gasteiger partial charge in [-0.15, -0.1) is 0 Å². The number of piperazine rings is 1. The number of carbonyl (C=O) groups is 2. The van der Waals surface area contributed by atoms with Crippen molar-refractivity contribution in [2.24, 2.45) is 0 Å². The number of phenolic OH excluding ortho intramolecular Hbond substituents is 1. The van der Waals surface area contributed by atoms with Gasteiger partial charge in [0.25, 0.3) is 0 Å². The van der Waals surface area contributed by atoms with Crippen LogP contribution in [0.2, 0.25) is 0 Å². The van der Waals surface area contributed by atoms with E-state index in [0.29, 0.717) is 34.5 Å². The Morgan fingerprint density at radius 3 is 2.52 bits per heavy atom. The lowest BCUT2D eigenvalue weighted by atomic mass is 9.99. The van der Waals surface area contributed by atoms with E-state index in [9.17, 15) is 14.7 Å². The maximum atomic E-state index is 13.1. The summed E-state index contributed by atoms with van der Waals surface area (Å²) >= 11 is 0. The second kappa shape index (κ2) is 8.53. The van der Waals surface area contributed by atoms with Gasteiger partial charge in [0.2, 0.25) is 5.78 Å². The van der Waals surface area contributed by atoms with Crippen molar-refractivity contribution >= 4 is 17.8 Å². The zero-order valence-electron chi connectivity index (χ0n) is 18.1. The molecule has 0 amide bonds. The Kier molecular flexibility index (Phi) is 5.80. The first-order valence-electron chi connectivity index (χ1n) is 10.5. The van der Waals surface area contributed by atoms with Gasteiger partial charge in [0, 0.05) is 0 Å². The number of ketones is 1. The number of fused-ring (bicyclic) bond motifs is 1. The highest BCUT2D eigenvalue weighted by molar-refractivity contribution is 6.15. The molecule has 0 bridgehead atoms. The molecule has 2 aromatic carbocycles. The molecule has 31 heavy (non-hydrogen) atoms. The minimum absolute atomic E-state index is 0.173. The minimum atomic E-state index is -0.413. The normalized spacial score (nSPS) is 21.6. The average molecular weight is 424 g/mol. The Morgan fingerprint density at radius 1 is 1.19 bits per heavy atom. The van der Waals surface area contributed by atoms with E-state index in [0.717, 1.165) is 31.7 Å². The van der Waals surface area contributed by atoms with Crippen LogP contribution in [-0.2, 0) is 11.3 Å². The second-order valence-corrected chi connectivity index (χ2v) is 8.33. The molecule has 162 valence electrons. The number of carbonyl (C=O) groups excluding carboxylic acids is 2. The van der Waals surface area contributed by atoms with Crippen molar-refractivity contribution in [3.63, 3.8) is 0 Å². The van der Waals surface area contributed by atoms with Gasteiger partial charge >= 0.3 is 5.97 Å². The van der Waals surface area contributed by atoms with Crippen LogP contribution in [0.1, 0.15) is 37.4 Å². The van der Waals surface area contributed by atoms with Crippen molar-refractivity contribution in [2.75, 3.05) is 40.3 Å². The molecule has 0 unspecified atom stereocenters. The first kappa shape index (κ1) is 21.1. The quantitative estimate of drug-likeness (QED) is 0.476. The van der Waals surface area contributed by atoms with Crippen LogP contribution < -0.4 is 14.5 Å². The molecule has 2 aliphatic heterocycles. The third kappa shape index (κ3) is 4.19. The van der Waals surface area contributed by atoms with Gasteiger partial charge in [-0.05, 0) is 42.3 Å². The van der Waals surface area contributed by atoms with Crippen molar-refractivity contribution in [2.45, 2.75) is 13.5 Å². The van der Waals surface area contributed by atoms with E-state index in [2.05, 4.69) is 7.05 Å². The largest absolute Gasteiger partial charge is 0.507 e. The minimum Gasteiger partial charge on any atom is -0.507 e. The number of aromatic hydroxyl groups is 1. The van der Waals surface area contributed by atoms with Gasteiger partial charge in [-0.1, -0.05) is 12.1 Å². The second-order valence-electron chi connectivity index (χ2n) is 8.33. The predicted octanol–water partition coefficient (Wildman–Crippen LogP) is 0.0166. The molecule has 0 aliphatic carbocycles. The number of nitrogens with one attached hydrogen (secondary N) is 2. The Balaban J connectivity index is 1.62. The number of likely N-dealkylation sites (N-methyl/N-ethyl adjacent to an activating group) is 1. The Hall–Kier alpha value is -3.16. The van der Waals surface area contributed by atoms with Crippen molar-refractivity contribution < 1.29 is 34.0 Å². The fourth-order valence-electron chi connectivity index (χ4n) is 4.19. The van der Waals surface area contributed by atoms with Gasteiger partial charge in [-0.25, -0.2) is 4.79 Å². The van der Waals surface area contributed by atoms with E-state index in [1.54, 1.807) is 36.4 Å². The van der Waals surface area contributed by atoms with Crippen LogP contribution in [0.3, 0.4) is 0 Å². The summed E-state index contributed by atoms with van der Waals surface area (Å²) < 4.78 is 10.7. The van der Waals surface area contributed by atoms with Crippen LogP contribution in [0.15, 0.2) is 36.1 Å². The van der Waals surface area contributed by atoms with Gasteiger partial charge in [0.15, 0.2) is 11.5 Å². The maximum Gasteiger partial charge on any atom is 0.337 e. The van der Waals surface area contributed by atoms with E-state index in [1.807, 2.05) is 6.92 Å². The van der Waals surface area contributed by atoms with Crippen molar-refractivity contribution in [3.05, 3.63) is 63.9 Å². The molecule has 0 saturated carbocycles.